The summed E-state index contributed by atoms with van der Waals surface area (Å²) in [7, 11) is 0. The van der Waals surface area contributed by atoms with E-state index in [0.717, 1.165) is 44.2 Å². The molecule has 1 aromatic heterocycles. The van der Waals surface area contributed by atoms with Crippen LogP contribution in [0.5, 0.6) is 0 Å². The van der Waals surface area contributed by atoms with Crippen LogP contribution < -0.4 is 5.73 Å². The minimum Gasteiger partial charge on any atom is -0.339 e. The standard InChI is InChI=1S/C14H23N5O/c15-11-4-2-1-3-10(11)14-16-13(17-20-14)12-9-18-5-7-19(12)8-6-18/h10-12H,1-9,15H2. The Labute approximate surface area is 119 Å². The number of fused-ring (bicyclic) bond motifs is 3. The van der Waals surface area contributed by atoms with Crippen LogP contribution in [0.4, 0.5) is 0 Å². The van der Waals surface area contributed by atoms with Crippen molar-refractivity contribution >= 4 is 0 Å². The van der Waals surface area contributed by atoms with E-state index in [2.05, 4.69) is 15.0 Å². The van der Waals surface area contributed by atoms with E-state index in [-0.39, 0.29) is 12.0 Å². The number of nitrogens with two attached hydrogens (primary N) is 1. The highest BCUT2D eigenvalue weighted by Crippen LogP contribution is 2.33. The summed E-state index contributed by atoms with van der Waals surface area (Å²) in [5.41, 5.74) is 6.21. The SMILES string of the molecule is NC1CCCCC1c1nc(C2CN3CCN2CC3)no1. The number of rotatable bonds is 2. The summed E-state index contributed by atoms with van der Waals surface area (Å²) in [6.07, 6.45) is 4.61. The van der Waals surface area contributed by atoms with E-state index in [4.69, 9.17) is 15.2 Å². The lowest BCUT2D eigenvalue weighted by molar-refractivity contribution is 0.00781. The highest BCUT2D eigenvalue weighted by atomic mass is 16.5. The zero-order valence-electron chi connectivity index (χ0n) is 11.9. The lowest BCUT2D eigenvalue weighted by atomic mass is 9.85. The van der Waals surface area contributed by atoms with Gasteiger partial charge in [0.15, 0.2) is 5.82 Å². The Kier molecular flexibility index (Phi) is 3.24. The molecule has 2 N–H and O–H groups in total. The Morgan fingerprint density at radius 3 is 2.60 bits per heavy atom. The zero-order chi connectivity index (χ0) is 13.5. The third-order valence-electron chi connectivity index (χ3n) is 5.17. The molecular formula is C14H23N5O. The third kappa shape index (κ3) is 2.16. The van der Waals surface area contributed by atoms with E-state index < -0.39 is 0 Å². The van der Waals surface area contributed by atoms with Crippen LogP contribution in [0.1, 0.15) is 49.4 Å². The molecule has 20 heavy (non-hydrogen) atoms. The summed E-state index contributed by atoms with van der Waals surface area (Å²) < 4.78 is 5.55. The molecule has 3 unspecified atom stereocenters. The van der Waals surface area contributed by atoms with Crippen molar-refractivity contribution in [3.63, 3.8) is 0 Å². The smallest absolute Gasteiger partial charge is 0.231 e. The molecule has 4 fully saturated rings. The molecule has 2 bridgehead atoms. The van der Waals surface area contributed by atoms with Gasteiger partial charge in [0.1, 0.15) is 0 Å². The van der Waals surface area contributed by atoms with Gasteiger partial charge in [0.05, 0.1) is 12.0 Å². The molecule has 3 aliphatic heterocycles. The van der Waals surface area contributed by atoms with E-state index in [1.807, 2.05) is 0 Å². The minimum atomic E-state index is 0.184. The van der Waals surface area contributed by atoms with Crippen molar-refractivity contribution in [1.29, 1.82) is 0 Å². The molecule has 0 amide bonds. The predicted octanol–water partition coefficient (Wildman–Crippen LogP) is 0.727. The van der Waals surface area contributed by atoms with Gasteiger partial charge in [-0.05, 0) is 12.8 Å². The van der Waals surface area contributed by atoms with Crippen molar-refractivity contribution in [1.82, 2.24) is 19.9 Å². The van der Waals surface area contributed by atoms with Gasteiger partial charge in [-0.25, -0.2) is 0 Å². The van der Waals surface area contributed by atoms with Crippen LogP contribution in [0.15, 0.2) is 4.52 Å². The van der Waals surface area contributed by atoms with Crippen molar-refractivity contribution < 1.29 is 4.52 Å². The summed E-state index contributed by atoms with van der Waals surface area (Å²) in [6.45, 7) is 5.63. The van der Waals surface area contributed by atoms with Crippen molar-refractivity contribution in [2.75, 3.05) is 32.7 Å². The summed E-state index contributed by atoms with van der Waals surface area (Å²) in [5, 5.41) is 4.26. The average Bonchev–Trinajstić information content (AvgIpc) is 2.98. The van der Waals surface area contributed by atoms with Gasteiger partial charge >= 0.3 is 0 Å². The second-order valence-electron chi connectivity index (χ2n) is 6.40. The highest BCUT2D eigenvalue weighted by Gasteiger charge is 2.36. The largest absolute Gasteiger partial charge is 0.339 e. The third-order valence-corrected chi connectivity index (χ3v) is 5.17. The molecule has 3 saturated heterocycles. The number of piperazine rings is 3. The van der Waals surface area contributed by atoms with Gasteiger partial charge in [0.25, 0.3) is 0 Å². The van der Waals surface area contributed by atoms with Crippen LogP contribution in [0.3, 0.4) is 0 Å². The molecule has 0 spiro atoms. The van der Waals surface area contributed by atoms with E-state index >= 15 is 0 Å². The van der Waals surface area contributed by atoms with E-state index in [9.17, 15) is 0 Å². The number of hydrogen-bond acceptors (Lipinski definition) is 6. The van der Waals surface area contributed by atoms with Gasteiger partial charge in [0, 0.05) is 38.8 Å². The summed E-state index contributed by atoms with van der Waals surface area (Å²) in [6, 6.07) is 0.499. The van der Waals surface area contributed by atoms with Crippen molar-refractivity contribution in [3.8, 4) is 0 Å². The maximum Gasteiger partial charge on any atom is 0.231 e. The first-order valence-electron chi connectivity index (χ1n) is 7.87. The normalized spacial score (nSPS) is 41.0. The van der Waals surface area contributed by atoms with Crippen molar-refractivity contribution in [2.45, 2.75) is 43.7 Å². The predicted molar refractivity (Wildman–Crippen MR) is 74.2 cm³/mol. The van der Waals surface area contributed by atoms with E-state index in [1.54, 1.807) is 0 Å². The van der Waals surface area contributed by atoms with Gasteiger partial charge in [-0.1, -0.05) is 18.0 Å². The van der Waals surface area contributed by atoms with Gasteiger partial charge in [-0.2, -0.15) is 4.98 Å². The van der Waals surface area contributed by atoms with Crippen LogP contribution in [0, 0.1) is 0 Å². The topological polar surface area (TPSA) is 71.4 Å². The van der Waals surface area contributed by atoms with Gasteiger partial charge in [-0.15, -0.1) is 0 Å². The molecule has 4 heterocycles. The highest BCUT2D eigenvalue weighted by molar-refractivity contribution is 5.05. The molecule has 1 aromatic rings. The van der Waals surface area contributed by atoms with Gasteiger partial charge in [-0.3, -0.25) is 9.80 Å². The minimum absolute atomic E-state index is 0.184. The molecule has 0 radical (unpaired) electrons. The molecule has 1 saturated carbocycles. The van der Waals surface area contributed by atoms with Crippen LogP contribution in [0.25, 0.3) is 0 Å². The lowest BCUT2D eigenvalue weighted by Crippen LogP contribution is -2.57. The molecule has 110 valence electrons. The van der Waals surface area contributed by atoms with Gasteiger partial charge < -0.3 is 10.3 Å². The average molecular weight is 277 g/mol. The maximum atomic E-state index is 6.21. The maximum absolute atomic E-state index is 6.21. The first kappa shape index (κ1) is 12.7. The Morgan fingerprint density at radius 1 is 1.10 bits per heavy atom. The van der Waals surface area contributed by atoms with Crippen LogP contribution in [0.2, 0.25) is 0 Å². The second-order valence-corrected chi connectivity index (χ2v) is 6.40. The Morgan fingerprint density at radius 2 is 1.90 bits per heavy atom. The molecule has 1 aliphatic carbocycles. The number of aromatic nitrogens is 2. The quantitative estimate of drug-likeness (QED) is 0.859. The van der Waals surface area contributed by atoms with E-state index in [1.165, 1.54) is 25.9 Å². The fraction of sp³-hybridized carbons (Fsp3) is 0.857. The van der Waals surface area contributed by atoms with Crippen LogP contribution in [-0.2, 0) is 0 Å². The molecule has 6 heteroatoms. The molecule has 0 aromatic carbocycles. The second kappa shape index (κ2) is 5.09. The Bertz CT molecular complexity index is 468. The molecule has 3 atom stereocenters. The van der Waals surface area contributed by atoms with Crippen molar-refractivity contribution in [2.24, 2.45) is 5.73 Å². The van der Waals surface area contributed by atoms with Crippen molar-refractivity contribution in [3.05, 3.63) is 11.7 Å². The summed E-state index contributed by atoms with van der Waals surface area (Å²) >= 11 is 0. The lowest BCUT2D eigenvalue weighted by Gasteiger charge is -2.46. The van der Waals surface area contributed by atoms with Crippen LogP contribution in [-0.4, -0.2) is 58.7 Å². The fourth-order valence-electron chi connectivity index (χ4n) is 3.86. The molecule has 4 aliphatic rings. The van der Waals surface area contributed by atoms with Gasteiger partial charge in [0.2, 0.25) is 5.89 Å². The zero-order valence-corrected chi connectivity index (χ0v) is 11.9. The Hall–Kier alpha value is -0.980. The Balaban J connectivity index is 1.53. The summed E-state index contributed by atoms with van der Waals surface area (Å²) in [5.74, 6) is 1.90. The molecule has 6 nitrogen and oxygen atoms in total. The molecular weight excluding hydrogens is 254 g/mol. The number of nitrogens with zero attached hydrogens (tertiary/aromatic N) is 4. The first-order valence-corrected chi connectivity index (χ1v) is 7.87. The first-order chi connectivity index (χ1) is 9.81. The summed E-state index contributed by atoms with van der Waals surface area (Å²) in [4.78, 5) is 9.68. The molecule has 5 rings (SSSR count). The fourth-order valence-corrected chi connectivity index (χ4v) is 3.86. The van der Waals surface area contributed by atoms with Crippen LogP contribution >= 0.6 is 0 Å². The number of hydrogen-bond donors (Lipinski definition) is 1. The van der Waals surface area contributed by atoms with E-state index in [0.29, 0.717) is 6.04 Å². The monoisotopic (exact) mass is 277 g/mol.